The van der Waals surface area contributed by atoms with Crippen LogP contribution in [0.25, 0.3) is 0 Å². The van der Waals surface area contributed by atoms with E-state index in [1.54, 1.807) is 66.7 Å². The number of benzene rings is 3. The minimum Gasteiger partial charge on any atom is -0.494 e. The van der Waals surface area contributed by atoms with Gasteiger partial charge in [0.25, 0.3) is 11.8 Å². The molecule has 0 saturated carbocycles. The fourth-order valence-electron chi connectivity index (χ4n) is 2.89. The second kappa shape index (κ2) is 10.5. The predicted molar refractivity (Wildman–Crippen MR) is 122 cm³/mol. The Morgan fingerprint density at radius 3 is 2.39 bits per heavy atom. The highest BCUT2D eigenvalue weighted by atomic mass is 35.5. The molecule has 3 aromatic rings. The molecule has 0 unspecified atom stereocenters. The standard InChI is InChI=1S/C24H23ClN2O4/c1-3-30-19-11-9-18(10-12-19)26-24(29)20-6-4-5-7-21(20)27-23(28)15-31-22-13-8-17(25)14-16(22)2/h4-14H,3,15H2,1-2H3,(H,26,29)(H,27,28). The summed E-state index contributed by atoms with van der Waals surface area (Å²) in [6.07, 6.45) is 0. The molecule has 0 aliphatic carbocycles. The molecular weight excluding hydrogens is 416 g/mol. The van der Waals surface area contributed by atoms with Crippen LogP contribution in [0, 0.1) is 6.92 Å². The van der Waals surface area contributed by atoms with Crippen LogP contribution in [0.5, 0.6) is 11.5 Å². The zero-order valence-electron chi connectivity index (χ0n) is 17.3. The predicted octanol–water partition coefficient (Wildman–Crippen LogP) is 5.32. The van der Waals surface area contributed by atoms with E-state index in [1.165, 1.54) is 0 Å². The number of hydrogen-bond acceptors (Lipinski definition) is 4. The molecular formula is C24H23ClN2O4. The number of nitrogens with one attached hydrogen (secondary N) is 2. The van der Waals surface area contributed by atoms with Crippen LogP contribution in [-0.4, -0.2) is 25.0 Å². The summed E-state index contributed by atoms with van der Waals surface area (Å²) in [5, 5.41) is 6.15. The molecule has 0 fully saturated rings. The lowest BCUT2D eigenvalue weighted by Crippen LogP contribution is -2.23. The van der Waals surface area contributed by atoms with Gasteiger partial charge in [0.2, 0.25) is 0 Å². The fraction of sp³-hybridized carbons (Fsp3) is 0.167. The van der Waals surface area contributed by atoms with Crippen molar-refractivity contribution < 1.29 is 19.1 Å². The van der Waals surface area contributed by atoms with E-state index in [2.05, 4.69) is 10.6 Å². The minimum absolute atomic E-state index is 0.197. The van der Waals surface area contributed by atoms with E-state index in [-0.39, 0.29) is 18.4 Å². The molecule has 0 radical (unpaired) electrons. The van der Waals surface area contributed by atoms with Crippen molar-refractivity contribution in [3.8, 4) is 11.5 Å². The molecule has 160 valence electrons. The lowest BCUT2D eigenvalue weighted by molar-refractivity contribution is -0.118. The Bertz CT molecular complexity index is 1070. The first-order chi connectivity index (χ1) is 15.0. The Morgan fingerprint density at radius 1 is 0.935 bits per heavy atom. The number of aryl methyl sites for hydroxylation is 1. The van der Waals surface area contributed by atoms with E-state index in [1.807, 2.05) is 13.8 Å². The van der Waals surface area contributed by atoms with E-state index in [9.17, 15) is 9.59 Å². The highest BCUT2D eigenvalue weighted by Crippen LogP contribution is 2.22. The monoisotopic (exact) mass is 438 g/mol. The van der Waals surface area contributed by atoms with Crippen molar-refractivity contribution >= 4 is 34.8 Å². The van der Waals surface area contributed by atoms with Gasteiger partial charge in [-0.15, -0.1) is 0 Å². The van der Waals surface area contributed by atoms with Crippen LogP contribution in [0.2, 0.25) is 5.02 Å². The number of anilines is 2. The molecule has 0 bridgehead atoms. The molecule has 0 atom stereocenters. The molecule has 7 heteroatoms. The quantitative estimate of drug-likeness (QED) is 0.499. The van der Waals surface area contributed by atoms with Crippen LogP contribution in [-0.2, 0) is 4.79 Å². The fourth-order valence-corrected chi connectivity index (χ4v) is 3.12. The molecule has 2 N–H and O–H groups in total. The number of rotatable bonds is 8. The van der Waals surface area contributed by atoms with Crippen LogP contribution in [0.1, 0.15) is 22.8 Å². The van der Waals surface area contributed by atoms with Crippen LogP contribution in [0.4, 0.5) is 11.4 Å². The normalized spacial score (nSPS) is 10.3. The van der Waals surface area contributed by atoms with E-state index in [0.29, 0.717) is 34.3 Å². The van der Waals surface area contributed by atoms with Crippen LogP contribution in [0.15, 0.2) is 66.7 Å². The van der Waals surface area contributed by atoms with E-state index >= 15 is 0 Å². The Labute approximate surface area is 186 Å². The maximum atomic E-state index is 12.7. The second-order valence-corrected chi connectivity index (χ2v) is 7.14. The number of carbonyl (C=O) groups is 2. The van der Waals surface area contributed by atoms with Crippen molar-refractivity contribution in [1.29, 1.82) is 0 Å². The average Bonchev–Trinajstić information content (AvgIpc) is 2.75. The Kier molecular flexibility index (Phi) is 7.51. The van der Waals surface area contributed by atoms with Gasteiger partial charge in [-0.05, 0) is 74.0 Å². The van der Waals surface area contributed by atoms with Crippen molar-refractivity contribution in [2.45, 2.75) is 13.8 Å². The molecule has 31 heavy (non-hydrogen) atoms. The van der Waals surface area contributed by atoms with E-state index < -0.39 is 0 Å². The highest BCUT2D eigenvalue weighted by Gasteiger charge is 2.14. The molecule has 0 heterocycles. The number of carbonyl (C=O) groups excluding carboxylic acids is 2. The third kappa shape index (κ3) is 6.23. The van der Waals surface area contributed by atoms with Gasteiger partial charge in [0.1, 0.15) is 11.5 Å². The number of hydrogen-bond donors (Lipinski definition) is 2. The Morgan fingerprint density at radius 2 is 1.68 bits per heavy atom. The lowest BCUT2D eigenvalue weighted by atomic mass is 10.1. The topological polar surface area (TPSA) is 76.7 Å². The number of amides is 2. The molecule has 0 aliphatic rings. The number of para-hydroxylation sites is 1. The molecule has 0 saturated heterocycles. The van der Waals surface area contributed by atoms with Gasteiger partial charge in [0, 0.05) is 10.7 Å². The molecule has 6 nitrogen and oxygen atoms in total. The van der Waals surface area contributed by atoms with Gasteiger partial charge < -0.3 is 20.1 Å². The number of ether oxygens (including phenoxy) is 2. The molecule has 0 spiro atoms. The van der Waals surface area contributed by atoms with Gasteiger partial charge in [-0.25, -0.2) is 0 Å². The third-order valence-electron chi connectivity index (χ3n) is 4.36. The van der Waals surface area contributed by atoms with Crippen molar-refractivity contribution in [3.05, 3.63) is 82.9 Å². The molecule has 0 aromatic heterocycles. The van der Waals surface area contributed by atoms with E-state index in [4.69, 9.17) is 21.1 Å². The second-order valence-electron chi connectivity index (χ2n) is 6.70. The maximum Gasteiger partial charge on any atom is 0.262 e. The maximum absolute atomic E-state index is 12.7. The largest absolute Gasteiger partial charge is 0.494 e. The average molecular weight is 439 g/mol. The smallest absolute Gasteiger partial charge is 0.262 e. The first-order valence-corrected chi connectivity index (χ1v) is 10.2. The molecule has 2 amide bonds. The first kappa shape index (κ1) is 22.2. The summed E-state index contributed by atoms with van der Waals surface area (Å²) >= 11 is 5.93. The summed E-state index contributed by atoms with van der Waals surface area (Å²) in [5.74, 6) is 0.579. The van der Waals surface area contributed by atoms with Crippen molar-refractivity contribution in [2.24, 2.45) is 0 Å². The zero-order valence-corrected chi connectivity index (χ0v) is 18.0. The van der Waals surface area contributed by atoms with Crippen molar-refractivity contribution in [3.63, 3.8) is 0 Å². The van der Waals surface area contributed by atoms with Crippen LogP contribution < -0.4 is 20.1 Å². The van der Waals surface area contributed by atoms with Gasteiger partial charge in [-0.3, -0.25) is 9.59 Å². The highest BCUT2D eigenvalue weighted by molar-refractivity contribution is 6.30. The minimum atomic E-state index is -0.379. The Balaban J connectivity index is 1.63. The van der Waals surface area contributed by atoms with Gasteiger partial charge in [-0.1, -0.05) is 23.7 Å². The van der Waals surface area contributed by atoms with Gasteiger partial charge in [0.05, 0.1) is 17.9 Å². The van der Waals surface area contributed by atoms with Crippen molar-refractivity contribution in [2.75, 3.05) is 23.8 Å². The first-order valence-electron chi connectivity index (χ1n) is 9.78. The summed E-state index contributed by atoms with van der Waals surface area (Å²) < 4.78 is 11.0. The molecule has 3 rings (SSSR count). The number of halogens is 1. The zero-order chi connectivity index (χ0) is 22.2. The van der Waals surface area contributed by atoms with Crippen LogP contribution >= 0.6 is 11.6 Å². The van der Waals surface area contributed by atoms with Crippen molar-refractivity contribution in [1.82, 2.24) is 0 Å². The Hall–Kier alpha value is -3.51. The van der Waals surface area contributed by atoms with Gasteiger partial charge >= 0.3 is 0 Å². The molecule has 3 aromatic carbocycles. The molecule has 0 aliphatic heterocycles. The van der Waals surface area contributed by atoms with E-state index in [0.717, 1.165) is 11.3 Å². The summed E-state index contributed by atoms with van der Waals surface area (Å²) in [7, 11) is 0. The lowest BCUT2D eigenvalue weighted by Gasteiger charge is -2.13. The van der Waals surface area contributed by atoms with Crippen LogP contribution in [0.3, 0.4) is 0 Å². The summed E-state index contributed by atoms with van der Waals surface area (Å²) in [6.45, 7) is 4.12. The van der Waals surface area contributed by atoms with Gasteiger partial charge in [-0.2, -0.15) is 0 Å². The summed E-state index contributed by atoms with van der Waals surface area (Å²) in [4.78, 5) is 25.1. The summed E-state index contributed by atoms with van der Waals surface area (Å²) in [6, 6.07) is 19.0. The SMILES string of the molecule is CCOc1ccc(NC(=O)c2ccccc2NC(=O)COc2ccc(Cl)cc2C)cc1. The third-order valence-corrected chi connectivity index (χ3v) is 4.60. The summed E-state index contributed by atoms with van der Waals surface area (Å²) in [5.41, 5.74) is 2.19. The van der Waals surface area contributed by atoms with Gasteiger partial charge in [0.15, 0.2) is 6.61 Å².